The maximum absolute atomic E-state index is 13.5. The van der Waals surface area contributed by atoms with Crippen LogP contribution in [0.1, 0.15) is 60.0 Å². The van der Waals surface area contributed by atoms with Crippen molar-refractivity contribution >= 4 is 28.3 Å². The number of anilines is 1. The van der Waals surface area contributed by atoms with Gasteiger partial charge in [-0.2, -0.15) is 0 Å². The van der Waals surface area contributed by atoms with Crippen molar-refractivity contribution in [2.75, 3.05) is 11.9 Å². The number of nitrogens with zero attached hydrogens (tertiary/aromatic N) is 1. The number of aliphatic carboxylic acids is 1. The zero-order chi connectivity index (χ0) is 23.3. The van der Waals surface area contributed by atoms with Crippen LogP contribution in [0.5, 0.6) is 0 Å². The highest BCUT2D eigenvalue weighted by Crippen LogP contribution is 2.62. The molecule has 0 unspecified atom stereocenters. The van der Waals surface area contributed by atoms with Crippen molar-refractivity contribution in [1.29, 1.82) is 0 Å². The Labute approximate surface area is 189 Å². The number of aliphatic hydroxyl groups is 2. The summed E-state index contributed by atoms with van der Waals surface area (Å²) in [6, 6.07) is 5.35. The number of halogens is 1. The average molecular weight is 463 g/mol. The van der Waals surface area contributed by atoms with Crippen LogP contribution in [0.25, 0.3) is 0 Å². The summed E-state index contributed by atoms with van der Waals surface area (Å²) < 4.78 is 13.5. The molecule has 5 atom stereocenters. The minimum Gasteiger partial charge on any atom is -0.481 e. The molecule has 1 amide bonds. The van der Waals surface area contributed by atoms with Crippen LogP contribution in [0.15, 0.2) is 24.3 Å². The van der Waals surface area contributed by atoms with Gasteiger partial charge < -0.3 is 15.3 Å². The number of hydrogen-bond acceptors (Lipinski definition) is 6. The summed E-state index contributed by atoms with van der Waals surface area (Å²) in [7, 11) is 0. The Kier molecular flexibility index (Phi) is 5.85. The summed E-state index contributed by atoms with van der Waals surface area (Å²) in [4.78, 5) is 29.8. The van der Waals surface area contributed by atoms with Crippen LogP contribution in [0.4, 0.5) is 9.52 Å². The number of benzene rings is 1. The van der Waals surface area contributed by atoms with E-state index in [0.717, 1.165) is 10.9 Å². The number of carbonyl (C=O) groups is 2. The van der Waals surface area contributed by atoms with Gasteiger partial charge in [0.05, 0.1) is 24.8 Å². The molecule has 1 aromatic carbocycles. The first kappa shape index (κ1) is 22.8. The minimum atomic E-state index is -0.946. The molecule has 172 valence electrons. The molecule has 2 aromatic rings. The second kappa shape index (κ2) is 8.20. The first-order chi connectivity index (χ1) is 15.1. The second-order valence-electron chi connectivity index (χ2n) is 9.42. The van der Waals surface area contributed by atoms with Crippen molar-refractivity contribution in [3.05, 3.63) is 46.2 Å². The Hall–Kier alpha value is -2.36. The van der Waals surface area contributed by atoms with E-state index in [4.69, 9.17) is 0 Å². The van der Waals surface area contributed by atoms with Crippen molar-refractivity contribution in [3.8, 4) is 0 Å². The van der Waals surface area contributed by atoms with E-state index in [0.29, 0.717) is 30.1 Å². The molecule has 0 spiro atoms. The lowest BCUT2D eigenvalue weighted by atomic mass is 9.47. The molecule has 0 bridgehead atoms. The number of carboxylic acid groups (broad SMARTS) is 1. The number of hydrogen-bond donors (Lipinski definition) is 4. The first-order valence-corrected chi connectivity index (χ1v) is 11.5. The molecule has 0 radical (unpaired) electrons. The average Bonchev–Trinajstić information content (AvgIpc) is 3.14. The van der Waals surface area contributed by atoms with Crippen LogP contribution in [-0.2, 0) is 11.2 Å². The number of rotatable bonds is 5. The smallest absolute Gasteiger partial charge is 0.304 e. The van der Waals surface area contributed by atoms with E-state index in [-0.39, 0.29) is 24.5 Å². The molecule has 1 saturated carbocycles. The number of nitrogens with one attached hydrogen (secondary N) is 1. The fraction of sp³-hybridized carbons (Fsp3) is 0.522. The van der Waals surface area contributed by atoms with Crippen LogP contribution in [-0.4, -0.2) is 44.9 Å². The third-order valence-electron chi connectivity index (χ3n) is 7.58. The lowest BCUT2D eigenvalue weighted by Gasteiger charge is -2.58. The Morgan fingerprint density at radius 1 is 1.34 bits per heavy atom. The van der Waals surface area contributed by atoms with Crippen molar-refractivity contribution in [2.24, 2.45) is 16.7 Å². The number of fused-ring (bicyclic) bond motifs is 2. The molecule has 32 heavy (non-hydrogen) atoms. The van der Waals surface area contributed by atoms with Crippen molar-refractivity contribution in [2.45, 2.75) is 51.6 Å². The van der Waals surface area contributed by atoms with E-state index in [9.17, 15) is 29.3 Å². The molecule has 1 fully saturated rings. The van der Waals surface area contributed by atoms with Crippen molar-refractivity contribution in [1.82, 2.24) is 4.98 Å². The van der Waals surface area contributed by atoms with E-state index in [1.165, 1.54) is 29.5 Å². The zero-order valence-electron chi connectivity index (χ0n) is 18.0. The molecular formula is C23H27FN2O5S. The Morgan fingerprint density at radius 2 is 2.09 bits per heavy atom. The van der Waals surface area contributed by atoms with Crippen LogP contribution >= 0.6 is 11.3 Å². The normalized spacial score (nSPS) is 31.5. The van der Waals surface area contributed by atoms with E-state index in [1.54, 1.807) is 0 Å². The van der Waals surface area contributed by atoms with Gasteiger partial charge in [-0.15, -0.1) is 11.3 Å². The van der Waals surface area contributed by atoms with Crippen molar-refractivity contribution in [3.63, 3.8) is 0 Å². The third-order valence-corrected chi connectivity index (χ3v) is 8.59. The maximum atomic E-state index is 13.5. The first-order valence-electron chi connectivity index (χ1n) is 10.7. The van der Waals surface area contributed by atoms with E-state index in [2.05, 4.69) is 10.3 Å². The zero-order valence-corrected chi connectivity index (χ0v) is 18.8. The summed E-state index contributed by atoms with van der Waals surface area (Å²) in [5.74, 6) is -2.52. The summed E-state index contributed by atoms with van der Waals surface area (Å²) in [5, 5.41) is 33.6. The number of aromatic nitrogens is 1. The molecule has 2 aliphatic rings. The van der Waals surface area contributed by atoms with Gasteiger partial charge in [-0.25, -0.2) is 9.37 Å². The fourth-order valence-corrected chi connectivity index (χ4v) is 6.74. The number of thiazole rings is 1. The molecule has 4 N–H and O–H groups in total. The predicted octanol–water partition coefficient (Wildman–Crippen LogP) is 3.42. The lowest BCUT2D eigenvalue weighted by molar-refractivity contribution is -0.150. The van der Waals surface area contributed by atoms with Crippen LogP contribution in [0.2, 0.25) is 0 Å². The molecule has 2 aliphatic carbocycles. The summed E-state index contributed by atoms with van der Waals surface area (Å²) in [5.41, 5.74) is -0.421. The molecular weight excluding hydrogens is 435 g/mol. The Balaban J connectivity index is 1.72. The summed E-state index contributed by atoms with van der Waals surface area (Å²) >= 11 is 1.27. The number of carbonyl (C=O) groups excluding carboxylic acids is 1. The quantitative estimate of drug-likeness (QED) is 0.541. The second-order valence-corrected chi connectivity index (χ2v) is 10.5. The number of amides is 1. The monoisotopic (exact) mass is 462 g/mol. The lowest BCUT2D eigenvalue weighted by Crippen LogP contribution is -2.57. The SMILES string of the molecule is C[C@]1(CO)[C@H]2Cc3sc(NC(=O)c4cccc(F)c4)nc3[C@@H](CC(=O)O)[C@]2(C)CC[C@H]1O. The molecule has 7 nitrogen and oxygen atoms in total. The predicted molar refractivity (Wildman–Crippen MR) is 117 cm³/mol. The fourth-order valence-electron chi connectivity index (χ4n) is 5.67. The van der Waals surface area contributed by atoms with Gasteiger partial charge in [0, 0.05) is 21.8 Å². The standard InChI is InChI=1S/C23H27FN2O5S/c1-22-7-6-17(28)23(2,11-27)16(22)10-15-19(14(22)9-18(29)30)25-21(32-15)26-20(31)12-4-3-5-13(24)8-12/h3-5,8,14,16-17,27-28H,6-7,9-11H2,1-2H3,(H,29,30)(H,25,26,31)/t14-,16+,17-,22+,23+/m1/s1. The largest absolute Gasteiger partial charge is 0.481 e. The molecule has 9 heteroatoms. The van der Waals surface area contributed by atoms with Crippen LogP contribution < -0.4 is 5.32 Å². The van der Waals surface area contributed by atoms with E-state index >= 15 is 0 Å². The highest BCUT2D eigenvalue weighted by Gasteiger charge is 2.59. The van der Waals surface area contributed by atoms with Crippen LogP contribution in [0.3, 0.4) is 0 Å². The van der Waals surface area contributed by atoms with Gasteiger partial charge in [-0.3, -0.25) is 14.9 Å². The molecule has 1 aromatic heterocycles. The molecule has 0 saturated heterocycles. The van der Waals surface area contributed by atoms with Crippen LogP contribution in [0, 0.1) is 22.6 Å². The Morgan fingerprint density at radius 3 is 2.75 bits per heavy atom. The highest BCUT2D eigenvalue weighted by molar-refractivity contribution is 7.15. The number of carboxylic acids is 1. The third kappa shape index (κ3) is 3.72. The van der Waals surface area contributed by atoms with E-state index in [1.807, 2.05) is 13.8 Å². The highest BCUT2D eigenvalue weighted by atomic mass is 32.1. The van der Waals surface area contributed by atoms with Crippen molar-refractivity contribution < 1.29 is 29.3 Å². The van der Waals surface area contributed by atoms with E-state index < -0.39 is 40.5 Å². The van der Waals surface area contributed by atoms with Gasteiger partial charge in [-0.05, 0) is 48.8 Å². The summed E-state index contributed by atoms with van der Waals surface area (Å²) in [6.07, 6.45) is 0.817. The Bertz CT molecular complexity index is 1060. The molecule has 4 rings (SSSR count). The van der Waals surface area contributed by atoms with Gasteiger partial charge in [0.15, 0.2) is 5.13 Å². The topological polar surface area (TPSA) is 120 Å². The summed E-state index contributed by atoms with van der Waals surface area (Å²) in [6.45, 7) is 3.68. The molecule has 0 aliphatic heterocycles. The van der Waals surface area contributed by atoms with Gasteiger partial charge in [-0.1, -0.05) is 19.9 Å². The van der Waals surface area contributed by atoms with Gasteiger partial charge in [0.2, 0.25) is 0 Å². The van der Waals surface area contributed by atoms with Gasteiger partial charge in [0.25, 0.3) is 5.91 Å². The minimum absolute atomic E-state index is 0.126. The number of aliphatic hydroxyl groups excluding tert-OH is 2. The van der Waals surface area contributed by atoms with Gasteiger partial charge >= 0.3 is 5.97 Å². The van der Waals surface area contributed by atoms with Gasteiger partial charge in [0.1, 0.15) is 5.82 Å². The molecule has 1 heterocycles. The maximum Gasteiger partial charge on any atom is 0.304 e.